The number of hydrogen-bond acceptors (Lipinski definition) is 3. The van der Waals surface area contributed by atoms with Crippen molar-refractivity contribution in [2.75, 3.05) is 0 Å². The van der Waals surface area contributed by atoms with Crippen molar-refractivity contribution < 1.29 is 19.5 Å². The minimum Gasteiger partial charge on any atom is -0.481 e. The van der Waals surface area contributed by atoms with E-state index in [0.29, 0.717) is 0 Å². The SMILES string of the molecule is CCCCCC(C)NC(=O)NC(=O)CC(C)(C)CC(=O)O. The third-order valence-electron chi connectivity index (χ3n) is 3.14. The second-order valence-electron chi connectivity index (χ2n) is 6.33. The van der Waals surface area contributed by atoms with Gasteiger partial charge < -0.3 is 10.4 Å². The van der Waals surface area contributed by atoms with E-state index >= 15 is 0 Å². The molecule has 0 aliphatic heterocycles. The zero-order chi connectivity index (χ0) is 16.5. The van der Waals surface area contributed by atoms with E-state index in [1.165, 1.54) is 0 Å². The number of carboxylic acids is 1. The highest BCUT2D eigenvalue weighted by atomic mass is 16.4. The van der Waals surface area contributed by atoms with Crippen molar-refractivity contribution in [1.82, 2.24) is 10.6 Å². The summed E-state index contributed by atoms with van der Waals surface area (Å²) < 4.78 is 0. The first-order chi connectivity index (χ1) is 9.66. The molecule has 0 saturated heterocycles. The molecule has 0 aromatic carbocycles. The van der Waals surface area contributed by atoms with Crippen molar-refractivity contribution in [2.45, 2.75) is 72.3 Å². The fourth-order valence-electron chi connectivity index (χ4n) is 2.11. The van der Waals surface area contributed by atoms with Crippen molar-refractivity contribution in [3.05, 3.63) is 0 Å². The number of urea groups is 1. The van der Waals surface area contributed by atoms with Gasteiger partial charge in [-0.1, -0.05) is 40.0 Å². The Morgan fingerprint density at radius 1 is 1.14 bits per heavy atom. The third kappa shape index (κ3) is 10.8. The van der Waals surface area contributed by atoms with Crippen molar-refractivity contribution in [1.29, 1.82) is 0 Å². The van der Waals surface area contributed by atoms with Crippen LogP contribution in [0.2, 0.25) is 0 Å². The average Bonchev–Trinajstić information content (AvgIpc) is 2.25. The smallest absolute Gasteiger partial charge is 0.321 e. The van der Waals surface area contributed by atoms with Crippen LogP contribution in [0, 0.1) is 5.41 Å². The summed E-state index contributed by atoms with van der Waals surface area (Å²) in [6.07, 6.45) is 4.04. The molecule has 1 unspecified atom stereocenters. The lowest BCUT2D eigenvalue weighted by atomic mass is 9.85. The molecule has 3 amide bonds. The van der Waals surface area contributed by atoms with Gasteiger partial charge in [-0.05, 0) is 18.8 Å². The predicted octanol–water partition coefficient (Wildman–Crippen LogP) is 2.67. The summed E-state index contributed by atoms with van der Waals surface area (Å²) in [5, 5.41) is 13.7. The molecule has 21 heavy (non-hydrogen) atoms. The maximum absolute atomic E-state index is 11.7. The van der Waals surface area contributed by atoms with E-state index in [-0.39, 0.29) is 18.9 Å². The molecule has 0 aromatic heterocycles. The van der Waals surface area contributed by atoms with E-state index in [1.54, 1.807) is 13.8 Å². The lowest BCUT2D eigenvalue weighted by Gasteiger charge is -2.21. The zero-order valence-corrected chi connectivity index (χ0v) is 13.5. The van der Waals surface area contributed by atoms with Crippen LogP contribution in [0.3, 0.4) is 0 Å². The summed E-state index contributed by atoms with van der Waals surface area (Å²) in [6.45, 7) is 7.38. The maximum Gasteiger partial charge on any atom is 0.321 e. The largest absolute Gasteiger partial charge is 0.481 e. The molecule has 0 aromatic rings. The normalized spacial score (nSPS) is 12.6. The fourth-order valence-corrected chi connectivity index (χ4v) is 2.11. The summed E-state index contributed by atoms with van der Waals surface area (Å²) in [4.78, 5) is 34.1. The van der Waals surface area contributed by atoms with Crippen LogP contribution in [-0.4, -0.2) is 29.1 Å². The van der Waals surface area contributed by atoms with E-state index in [4.69, 9.17) is 5.11 Å². The highest BCUT2D eigenvalue weighted by Crippen LogP contribution is 2.24. The molecule has 0 rings (SSSR count). The van der Waals surface area contributed by atoms with Gasteiger partial charge in [0.2, 0.25) is 5.91 Å². The van der Waals surface area contributed by atoms with Gasteiger partial charge in [0, 0.05) is 12.5 Å². The molecule has 6 heteroatoms. The Morgan fingerprint density at radius 3 is 2.29 bits per heavy atom. The highest BCUT2D eigenvalue weighted by molar-refractivity contribution is 5.94. The predicted molar refractivity (Wildman–Crippen MR) is 80.9 cm³/mol. The number of carbonyl (C=O) groups excluding carboxylic acids is 2. The number of imide groups is 1. The Balaban J connectivity index is 4.09. The lowest BCUT2D eigenvalue weighted by Crippen LogP contribution is -2.44. The van der Waals surface area contributed by atoms with Crippen molar-refractivity contribution in [2.24, 2.45) is 5.41 Å². The van der Waals surface area contributed by atoms with E-state index in [1.807, 2.05) is 6.92 Å². The van der Waals surface area contributed by atoms with E-state index in [2.05, 4.69) is 17.6 Å². The fraction of sp³-hybridized carbons (Fsp3) is 0.800. The number of rotatable bonds is 9. The van der Waals surface area contributed by atoms with Crippen LogP contribution in [0.15, 0.2) is 0 Å². The quantitative estimate of drug-likeness (QED) is 0.570. The maximum atomic E-state index is 11.7. The van der Waals surface area contributed by atoms with Gasteiger partial charge in [-0.3, -0.25) is 14.9 Å². The molecule has 0 spiro atoms. The topological polar surface area (TPSA) is 95.5 Å². The van der Waals surface area contributed by atoms with Gasteiger partial charge in [0.25, 0.3) is 0 Å². The van der Waals surface area contributed by atoms with Gasteiger partial charge in [0.15, 0.2) is 0 Å². The Morgan fingerprint density at radius 2 is 1.76 bits per heavy atom. The minimum absolute atomic E-state index is 0.00304. The molecular weight excluding hydrogens is 272 g/mol. The molecule has 0 aliphatic carbocycles. The van der Waals surface area contributed by atoms with E-state index < -0.39 is 23.3 Å². The molecule has 0 heterocycles. The van der Waals surface area contributed by atoms with Crippen LogP contribution in [-0.2, 0) is 9.59 Å². The molecule has 0 fully saturated rings. The second kappa shape index (κ2) is 9.37. The number of hydrogen-bond donors (Lipinski definition) is 3. The number of carboxylic acid groups (broad SMARTS) is 1. The summed E-state index contributed by atoms with van der Waals surface area (Å²) in [7, 11) is 0. The number of amides is 3. The van der Waals surface area contributed by atoms with Gasteiger partial charge in [0.05, 0.1) is 6.42 Å². The van der Waals surface area contributed by atoms with Crippen molar-refractivity contribution in [3.63, 3.8) is 0 Å². The van der Waals surface area contributed by atoms with Crippen LogP contribution >= 0.6 is 0 Å². The number of carbonyl (C=O) groups is 3. The zero-order valence-electron chi connectivity index (χ0n) is 13.5. The molecule has 0 saturated carbocycles. The Bertz CT molecular complexity index is 367. The van der Waals surface area contributed by atoms with Crippen molar-refractivity contribution >= 4 is 17.9 Å². The molecule has 122 valence electrons. The molecular formula is C15H28N2O4. The van der Waals surface area contributed by atoms with E-state index in [9.17, 15) is 14.4 Å². The number of aliphatic carboxylic acids is 1. The third-order valence-corrected chi connectivity index (χ3v) is 3.14. The van der Waals surface area contributed by atoms with Gasteiger partial charge in [-0.2, -0.15) is 0 Å². The first-order valence-electron chi connectivity index (χ1n) is 7.48. The molecule has 0 radical (unpaired) electrons. The monoisotopic (exact) mass is 300 g/mol. The Labute approximate surface area is 126 Å². The Kier molecular flexibility index (Phi) is 8.66. The van der Waals surface area contributed by atoms with Crippen LogP contribution in [0.1, 0.15) is 66.2 Å². The number of unbranched alkanes of at least 4 members (excludes halogenated alkanes) is 2. The second-order valence-corrected chi connectivity index (χ2v) is 6.33. The van der Waals surface area contributed by atoms with Crippen LogP contribution < -0.4 is 10.6 Å². The van der Waals surface area contributed by atoms with Gasteiger partial charge in [0.1, 0.15) is 0 Å². The molecule has 1 atom stereocenters. The Hall–Kier alpha value is -1.59. The van der Waals surface area contributed by atoms with Crippen LogP contribution in [0.5, 0.6) is 0 Å². The summed E-state index contributed by atoms with van der Waals surface area (Å²) >= 11 is 0. The summed E-state index contributed by atoms with van der Waals surface area (Å²) in [5.41, 5.74) is -0.678. The summed E-state index contributed by atoms with van der Waals surface area (Å²) in [5.74, 6) is -1.42. The lowest BCUT2D eigenvalue weighted by molar-refractivity contribution is -0.139. The van der Waals surface area contributed by atoms with E-state index in [0.717, 1.165) is 25.7 Å². The summed E-state index contributed by atoms with van der Waals surface area (Å²) in [6, 6.07) is -0.508. The number of nitrogens with one attached hydrogen (secondary N) is 2. The highest BCUT2D eigenvalue weighted by Gasteiger charge is 2.26. The van der Waals surface area contributed by atoms with Crippen molar-refractivity contribution in [3.8, 4) is 0 Å². The minimum atomic E-state index is -0.957. The first kappa shape index (κ1) is 19.4. The molecule has 0 bridgehead atoms. The van der Waals surface area contributed by atoms with Gasteiger partial charge in [-0.15, -0.1) is 0 Å². The average molecular weight is 300 g/mol. The van der Waals surface area contributed by atoms with Gasteiger partial charge in [-0.25, -0.2) is 4.79 Å². The molecule has 3 N–H and O–H groups in total. The standard InChI is InChI=1S/C15H28N2O4/c1-5-6-7-8-11(2)16-14(21)17-12(18)9-15(3,4)10-13(19)20/h11H,5-10H2,1-4H3,(H,19,20)(H2,16,17,18,21). The van der Waals surface area contributed by atoms with Crippen LogP contribution in [0.25, 0.3) is 0 Å². The van der Waals surface area contributed by atoms with Crippen LogP contribution in [0.4, 0.5) is 4.79 Å². The first-order valence-corrected chi connectivity index (χ1v) is 7.48. The molecule has 0 aliphatic rings. The van der Waals surface area contributed by atoms with Gasteiger partial charge >= 0.3 is 12.0 Å². The molecule has 6 nitrogen and oxygen atoms in total.